The fourth-order valence-electron chi connectivity index (χ4n) is 3.32. The van der Waals surface area contributed by atoms with Crippen LogP contribution in [0.2, 0.25) is 0 Å². The number of piperidine rings is 1. The summed E-state index contributed by atoms with van der Waals surface area (Å²) in [5.74, 6) is 0.511. The molecule has 7 nitrogen and oxygen atoms in total. The van der Waals surface area contributed by atoms with Crippen molar-refractivity contribution in [2.75, 3.05) is 6.61 Å². The van der Waals surface area contributed by atoms with Gasteiger partial charge in [0.15, 0.2) is 6.61 Å². The average Bonchev–Trinajstić information content (AvgIpc) is 3.02. The van der Waals surface area contributed by atoms with Gasteiger partial charge in [0.05, 0.1) is 30.3 Å². The topological polar surface area (TPSA) is 85.2 Å². The number of carbonyl (C=O) groups is 2. The normalized spacial score (nSPS) is 19.7. The first-order valence-corrected chi connectivity index (χ1v) is 8.69. The molecule has 2 N–H and O–H groups in total. The Kier molecular flexibility index (Phi) is 5.25. The zero-order valence-electron chi connectivity index (χ0n) is 15.3. The smallest absolute Gasteiger partial charge is 0.258 e. The Balaban J connectivity index is 1.65. The molecule has 0 bridgehead atoms. The Morgan fingerprint density at radius 2 is 2.12 bits per heavy atom. The number of amides is 2. The van der Waals surface area contributed by atoms with E-state index >= 15 is 0 Å². The van der Waals surface area contributed by atoms with Gasteiger partial charge >= 0.3 is 0 Å². The zero-order valence-corrected chi connectivity index (χ0v) is 15.3. The summed E-state index contributed by atoms with van der Waals surface area (Å²) < 4.78 is 7.57. The van der Waals surface area contributed by atoms with Gasteiger partial charge in [-0.15, -0.1) is 0 Å². The van der Waals surface area contributed by atoms with Crippen molar-refractivity contribution in [1.82, 2.24) is 20.2 Å². The highest BCUT2D eigenvalue weighted by Gasteiger charge is 2.32. The van der Waals surface area contributed by atoms with Gasteiger partial charge in [0, 0.05) is 13.5 Å². The minimum Gasteiger partial charge on any atom is -0.483 e. The Hall–Kier alpha value is -2.83. The lowest BCUT2D eigenvalue weighted by molar-refractivity contribution is -0.128. The number of aryl methyl sites for hydroxylation is 3. The number of carbonyl (C=O) groups excluding carboxylic acids is 2. The average molecular weight is 356 g/mol. The van der Waals surface area contributed by atoms with Crippen molar-refractivity contribution in [1.29, 1.82) is 0 Å². The van der Waals surface area contributed by atoms with E-state index in [4.69, 9.17) is 4.74 Å². The number of rotatable bonds is 5. The largest absolute Gasteiger partial charge is 0.483 e. The van der Waals surface area contributed by atoms with E-state index in [0.29, 0.717) is 12.8 Å². The van der Waals surface area contributed by atoms with Crippen LogP contribution in [0.25, 0.3) is 0 Å². The van der Waals surface area contributed by atoms with E-state index in [1.54, 1.807) is 12.5 Å². The highest BCUT2D eigenvalue weighted by Crippen LogP contribution is 2.24. The van der Waals surface area contributed by atoms with Crippen molar-refractivity contribution in [3.8, 4) is 5.75 Å². The molecule has 2 amide bonds. The van der Waals surface area contributed by atoms with E-state index in [9.17, 15) is 9.59 Å². The van der Waals surface area contributed by atoms with Crippen molar-refractivity contribution in [2.24, 2.45) is 7.05 Å². The lowest BCUT2D eigenvalue weighted by Crippen LogP contribution is -2.51. The molecule has 1 aromatic heterocycles. The number of aromatic nitrogens is 2. The van der Waals surface area contributed by atoms with Gasteiger partial charge in [0.2, 0.25) is 5.91 Å². The number of imidazole rings is 1. The molecule has 0 radical (unpaired) electrons. The lowest BCUT2D eigenvalue weighted by Gasteiger charge is -2.33. The van der Waals surface area contributed by atoms with Gasteiger partial charge in [-0.05, 0) is 31.4 Å². The van der Waals surface area contributed by atoms with Gasteiger partial charge in [-0.2, -0.15) is 0 Å². The molecule has 0 unspecified atom stereocenters. The molecule has 26 heavy (non-hydrogen) atoms. The molecule has 2 atom stereocenters. The number of nitrogens with one attached hydrogen (secondary N) is 2. The summed E-state index contributed by atoms with van der Waals surface area (Å²) in [5.41, 5.74) is 2.85. The third-order valence-electron chi connectivity index (χ3n) is 4.68. The second-order valence-corrected chi connectivity index (χ2v) is 6.70. The van der Waals surface area contributed by atoms with E-state index in [-0.39, 0.29) is 30.5 Å². The standard InChI is InChI=1S/C19H24N4O3/c1-12-5-4-6-13(2)19(12)26-10-17(25)21-14-7-8-16(24)22-18(14)15-9-20-11-23(15)3/h4-6,9,11,14,18H,7-8,10H2,1-3H3,(H,21,25)(H,22,24)/t14-,18-/m1/s1. The molecule has 1 aliphatic rings. The Morgan fingerprint density at radius 1 is 1.38 bits per heavy atom. The van der Waals surface area contributed by atoms with E-state index in [1.807, 2.05) is 43.7 Å². The summed E-state index contributed by atoms with van der Waals surface area (Å²) >= 11 is 0. The van der Waals surface area contributed by atoms with Crippen LogP contribution in [0.1, 0.15) is 35.7 Å². The second kappa shape index (κ2) is 7.59. The SMILES string of the molecule is Cc1cccc(C)c1OCC(=O)N[C@@H]1CCC(=O)N[C@H]1c1cncn1C. The molecule has 1 saturated heterocycles. The lowest BCUT2D eigenvalue weighted by atomic mass is 9.95. The van der Waals surface area contributed by atoms with Gasteiger partial charge < -0.3 is 19.9 Å². The minimum absolute atomic E-state index is 0.0199. The predicted octanol–water partition coefficient (Wildman–Crippen LogP) is 1.55. The summed E-state index contributed by atoms with van der Waals surface area (Å²) in [5, 5.41) is 5.95. The molecule has 1 fully saturated rings. The summed E-state index contributed by atoms with van der Waals surface area (Å²) in [6, 6.07) is 5.37. The third kappa shape index (κ3) is 3.87. The number of nitrogens with zero attached hydrogens (tertiary/aromatic N) is 2. The first kappa shape index (κ1) is 18.0. The van der Waals surface area contributed by atoms with Crippen LogP contribution in [-0.4, -0.2) is 34.0 Å². The van der Waals surface area contributed by atoms with Crippen molar-refractivity contribution < 1.29 is 14.3 Å². The number of hydrogen-bond donors (Lipinski definition) is 2. The minimum atomic E-state index is -0.298. The summed E-state index contributed by atoms with van der Waals surface area (Å²) in [4.78, 5) is 28.3. The summed E-state index contributed by atoms with van der Waals surface area (Å²) in [6.07, 6.45) is 4.36. The molecule has 1 aromatic carbocycles. The Labute approximate surface area is 152 Å². The molecule has 2 heterocycles. The van der Waals surface area contributed by atoms with Crippen LogP contribution in [0.3, 0.4) is 0 Å². The molecule has 0 saturated carbocycles. The molecule has 7 heteroatoms. The zero-order chi connectivity index (χ0) is 18.7. The molecule has 2 aromatic rings. The van der Waals surface area contributed by atoms with Crippen LogP contribution in [-0.2, 0) is 16.6 Å². The van der Waals surface area contributed by atoms with Crippen molar-refractivity contribution in [2.45, 2.75) is 38.8 Å². The van der Waals surface area contributed by atoms with Crippen LogP contribution in [0.15, 0.2) is 30.7 Å². The van der Waals surface area contributed by atoms with Crippen LogP contribution < -0.4 is 15.4 Å². The van der Waals surface area contributed by atoms with Gasteiger partial charge in [-0.1, -0.05) is 18.2 Å². The highest BCUT2D eigenvalue weighted by atomic mass is 16.5. The molecular formula is C19H24N4O3. The predicted molar refractivity (Wildman–Crippen MR) is 96.7 cm³/mol. The fraction of sp³-hybridized carbons (Fsp3) is 0.421. The highest BCUT2D eigenvalue weighted by molar-refractivity contribution is 5.80. The fourth-order valence-corrected chi connectivity index (χ4v) is 3.32. The first-order chi connectivity index (χ1) is 12.5. The maximum atomic E-state index is 12.4. The van der Waals surface area contributed by atoms with Gasteiger partial charge in [-0.25, -0.2) is 4.98 Å². The summed E-state index contributed by atoms with van der Waals surface area (Å²) in [6.45, 7) is 3.85. The number of para-hydroxylation sites is 1. The van der Waals surface area contributed by atoms with Crippen LogP contribution >= 0.6 is 0 Å². The van der Waals surface area contributed by atoms with E-state index in [1.165, 1.54) is 0 Å². The third-order valence-corrected chi connectivity index (χ3v) is 4.68. The van der Waals surface area contributed by atoms with Crippen LogP contribution in [0.4, 0.5) is 0 Å². The van der Waals surface area contributed by atoms with Gasteiger partial charge in [-0.3, -0.25) is 9.59 Å². The van der Waals surface area contributed by atoms with Crippen molar-refractivity contribution >= 4 is 11.8 Å². The number of hydrogen-bond acceptors (Lipinski definition) is 4. The molecule has 0 aliphatic carbocycles. The van der Waals surface area contributed by atoms with E-state index < -0.39 is 0 Å². The molecule has 1 aliphatic heterocycles. The van der Waals surface area contributed by atoms with Gasteiger partial charge in [0.1, 0.15) is 5.75 Å². The molecule has 0 spiro atoms. The monoisotopic (exact) mass is 356 g/mol. The van der Waals surface area contributed by atoms with E-state index in [0.717, 1.165) is 22.6 Å². The Morgan fingerprint density at radius 3 is 2.77 bits per heavy atom. The second-order valence-electron chi connectivity index (χ2n) is 6.70. The maximum absolute atomic E-state index is 12.4. The first-order valence-electron chi connectivity index (χ1n) is 8.69. The number of benzene rings is 1. The van der Waals surface area contributed by atoms with Gasteiger partial charge in [0.25, 0.3) is 5.91 Å². The quantitative estimate of drug-likeness (QED) is 0.851. The van der Waals surface area contributed by atoms with E-state index in [2.05, 4.69) is 15.6 Å². The van der Waals surface area contributed by atoms with Crippen LogP contribution in [0.5, 0.6) is 5.75 Å². The maximum Gasteiger partial charge on any atom is 0.258 e. The molecular weight excluding hydrogens is 332 g/mol. The Bertz CT molecular complexity index is 795. The van der Waals surface area contributed by atoms with Crippen LogP contribution in [0, 0.1) is 13.8 Å². The summed E-state index contributed by atoms with van der Waals surface area (Å²) in [7, 11) is 1.87. The number of ether oxygens (including phenoxy) is 1. The van der Waals surface area contributed by atoms with Crippen molar-refractivity contribution in [3.05, 3.63) is 47.5 Å². The molecule has 138 valence electrons. The van der Waals surface area contributed by atoms with Crippen molar-refractivity contribution in [3.63, 3.8) is 0 Å². The molecule has 3 rings (SSSR count).